The van der Waals surface area contributed by atoms with E-state index in [0.717, 1.165) is 29.8 Å². The minimum Gasteiger partial charge on any atom is -0.494 e. The van der Waals surface area contributed by atoms with Gasteiger partial charge in [-0.2, -0.15) is 0 Å². The van der Waals surface area contributed by atoms with Gasteiger partial charge in [-0.15, -0.1) is 0 Å². The van der Waals surface area contributed by atoms with Crippen LogP contribution in [0.1, 0.15) is 64.4 Å². The van der Waals surface area contributed by atoms with Gasteiger partial charge >= 0.3 is 0 Å². The molecule has 2 aromatic rings. The van der Waals surface area contributed by atoms with Crippen molar-refractivity contribution in [2.75, 3.05) is 11.9 Å². The number of ether oxygens (including phenoxy) is 1. The first-order valence-corrected chi connectivity index (χ1v) is 8.60. The molecule has 0 fully saturated rings. The molecule has 0 aliphatic heterocycles. The van der Waals surface area contributed by atoms with Crippen molar-refractivity contribution in [1.82, 2.24) is 4.98 Å². The average molecular weight is 342 g/mol. The summed E-state index contributed by atoms with van der Waals surface area (Å²) >= 11 is 0. The molecular formula is C20H26N2O3. The molecule has 0 radical (unpaired) electrons. The predicted molar refractivity (Wildman–Crippen MR) is 99.8 cm³/mol. The zero-order valence-corrected chi connectivity index (χ0v) is 15.6. The number of Topliss-reactive ketones (excluding diaryl/α,β-unsaturated/α-hetero) is 1. The highest BCUT2D eigenvalue weighted by Gasteiger charge is 2.20. The Kier molecular flexibility index (Phi) is 6.02. The largest absolute Gasteiger partial charge is 0.494 e. The van der Waals surface area contributed by atoms with Crippen LogP contribution in [0.3, 0.4) is 0 Å². The molecule has 2 N–H and O–H groups in total. The Morgan fingerprint density at radius 2 is 1.92 bits per heavy atom. The Labute approximate surface area is 148 Å². The number of benzene rings is 1. The van der Waals surface area contributed by atoms with Crippen LogP contribution < -0.4 is 10.1 Å². The van der Waals surface area contributed by atoms with Crippen LogP contribution in [0.5, 0.6) is 5.75 Å². The number of amides is 1. The first-order chi connectivity index (χ1) is 11.8. The van der Waals surface area contributed by atoms with Gasteiger partial charge in [-0.1, -0.05) is 13.3 Å². The maximum absolute atomic E-state index is 12.6. The first-order valence-electron chi connectivity index (χ1n) is 8.60. The number of aromatic amines is 1. The van der Waals surface area contributed by atoms with Crippen LogP contribution in [0.4, 0.5) is 5.69 Å². The van der Waals surface area contributed by atoms with Crippen molar-refractivity contribution in [2.45, 2.75) is 47.5 Å². The summed E-state index contributed by atoms with van der Waals surface area (Å²) < 4.78 is 5.68. The van der Waals surface area contributed by atoms with E-state index >= 15 is 0 Å². The number of hydrogen-bond acceptors (Lipinski definition) is 3. The van der Waals surface area contributed by atoms with Crippen LogP contribution in [-0.2, 0) is 0 Å². The average Bonchev–Trinajstić information content (AvgIpc) is 2.85. The quantitative estimate of drug-likeness (QED) is 0.572. The second-order valence-electron chi connectivity index (χ2n) is 6.31. The molecule has 25 heavy (non-hydrogen) atoms. The zero-order chi connectivity index (χ0) is 18.6. The van der Waals surface area contributed by atoms with Gasteiger partial charge in [0, 0.05) is 16.9 Å². The van der Waals surface area contributed by atoms with Crippen molar-refractivity contribution < 1.29 is 14.3 Å². The van der Waals surface area contributed by atoms with Crippen LogP contribution in [0, 0.1) is 20.8 Å². The van der Waals surface area contributed by atoms with Crippen molar-refractivity contribution in [3.05, 3.63) is 46.3 Å². The number of hydrogen-bond donors (Lipinski definition) is 2. The number of carbonyl (C=O) groups is 2. The number of ketones is 1. The van der Waals surface area contributed by atoms with Gasteiger partial charge in [0.25, 0.3) is 5.91 Å². The van der Waals surface area contributed by atoms with Gasteiger partial charge in [-0.3, -0.25) is 9.59 Å². The summed E-state index contributed by atoms with van der Waals surface area (Å²) in [4.78, 5) is 27.3. The molecule has 0 spiro atoms. The van der Waals surface area contributed by atoms with E-state index in [1.165, 1.54) is 6.92 Å². The molecular weight excluding hydrogens is 316 g/mol. The van der Waals surface area contributed by atoms with Crippen LogP contribution in [0.15, 0.2) is 18.2 Å². The van der Waals surface area contributed by atoms with E-state index in [2.05, 4.69) is 17.2 Å². The summed E-state index contributed by atoms with van der Waals surface area (Å²) in [6, 6.07) is 5.61. The number of aryl methyl sites for hydroxylation is 2. The van der Waals surface area contributed by atoms with Gasteiger partial charge in [-0.25, -0.2) is 0 Å². The van der Waals surface area contributed by atoms with Crippen LogP contribution in [-0.4, -0.2) is 23.3 Å². The molecule has 0 saturated heterocycles. The lowest BCUT2D eigenvalue weighted by atomic mass is 10.1. The lowest BCUT2D eigenvalue weighted by molar-refractivity contribution is 0.101. The number of aromatic nitrogens is 1. The number of rotatable bonds is 7. The minimum absolute atomic E-state index is 0.0462. The summed E-state index contributed by atoms with van der Waals surface area (Å²) in [6.07, 6.45) is 2.10. The van der Waals surface area contributed by atoms with E-state index < -0.39 is 0 Å². The van der Waals surface area contributed by atoms with E-state index in [1.807, 2.05) is 25.1 Å². The Morgan fingerprint density at radius 1 is 1.20 bits per heavy atom. The van der Waals surface area contributed by atoms with Crippen molar-refractivity contribution in [3.63, 3.8) is 0 Å². The van der Waals surface area contributed by atoms with Crippen molar-refractivity contribution in [3.8, 4) is 5.75 Å². The molecule has 1 amide bonds. The fourth-order valence-electron chi connectivity index (χ4n) is 2.89. The Bertz CT molecular complexity index is 790. The molecule has 0 bridgehead atoms. The molecule has 5 heteroatoms. The predicted octanol–water partition coefficient (Wildman–Crippen LogP) is 4.57. The third-order valence-corrected chi connectivity index (χ3v) is 4.23. The molecule has 1 heterocycles. The monoisotopic (exact) mass is 342 g/mol. The first kappa shape index (κ1) is 18.8. The van der Waals surface area contributed by atoms with Crippen LogP contribution in [0.25, 0.3) is 0 Å². The highest BCUT2D eigenvalue weighted by atomic mass is 16.5. The number of H-pyrrole nitrogens is 1. The molecule has 0 atom stereocenters. The lowest BCUT2D eigenvalue weighted by Crippen LogP contribution is -2.14. The molecule has 2 rings (SSSR count). The maximum Gasteiger partial charge on any atom is 0.272 e. The summed E-state index contributed by atoms with van der Waals surface area (Å²) in [5.74, 6) is 0.501. The second kappa shape index (κ2) is 8.01. The zero-order valence-electron chi connectivity index (χ0n) is 15.6. The normalized spacial score (nSPS) is 10.6. The molecule has 1 aromatic carbocycles. The highest BCUT2D eigenvalue weighted by molar-refractivity contribution is 6.07. The standard InChI is InChI=1S/C20H26N2O3/c1-6-7-10-25-16-8-9-17(12(2)11-16)22-20(24)19-13(3)18(15(5)23)14(4)21-19/h8-9,11,21H,6-7,10H2,1-5H3,(H,22,24). The Morgan fingerprint density at radius 3 is 2.48 bits per heavy atom. The minimum atomic E-state index is -0.254. The van der Waals surface area contributed by atoms with Crippen molar-refractivity contribution in [1.29, 1.82) is 0 Å². The highest BCUT2D eigenvalue weighted by Crippen LogP contribution is 2.24. The molecule has 0 aliphatic carbocycles. The Balaban J connectivity index is 2.16. The molecule has 5 nitrogen and oxygen atoms in total. The van der Waals surface area contributed by atoms with E-state index in [4.69, 9.17) is 4.74 Å². The fourth-order valence-corrected chi connectivity index (χ4v) is 2.89. The van der Waals surface area contributed by atoms with E-state index in [9.17, 15) is 9.59 Å². The van der Waals surface area contributed by atoms with Crippen LogP contribution in [0.2, 0.25) is 0 Å². The van der Waals surface area contributed by atoms with E-state index in [1.54, 1.807) is 13.8 Å². The summed E-state index contributed by atoms with van der Waals surface area (Å²) in [5, 5.41) is 2.90. The summed E-state index contributed by atoms with van der Waals surface area (Å²) in [5.41, 5.74) is 4.05. The summed E-state index contributed by atoms with van der Waals surface area (Å²) in [7, 11) is 0. The number of unbranched alkanes of at least 4 members (excludes halogenated alkanes) is 1. The van der Waals surface area contributed by atoms with Crippen LogP contribution >= 0.6 is 0 Å². The second-order valence-corrected chi connectivity index (χ2v) is 6.31. The lowest BCUT2D eigenvalue weighted by Gasteiger charge is -2.11. The Hall–Kier alpha value is -2.56. The third kappa shape index (κ3) is 4.29. The van der Waals surface area contributed by atoms with Crippen molar-refractivity contribution in [2.24, 2.45) is 0 Å². The molecule has 1 aromatic heterocycles. The third-order valence-electron chi connectivity index (χ3n) is 4.23. The van der Waals surface area contributed by atoms with Gasteiger partial charge in [-0.05, 0) is 63.4 Å². The number of anilines is 1. The maximum atomic E-state index is 12.6. The van der Waals surface area contributed by atoms with E-state index in [0.29, 0.717) is 29.1 Å². The van der Waals surface area contributed by atoms with Gasteiger partial charge in [0.15, 0.2) is 5.78 Å². The smallest absolute Gasteiger partial charge is 0.272 e. The van der Waals surface area contributed by atoms with Gasteiger partial charge in [0.1, 0.15) is 11.4 Å². The van der Waals surface area contributed by atoms with Gasteiger partial charge in [0.05, 0.1) is 6.61 Å². The topological polar surface area (TPSA) is 71.2 Å². The SMILES string of the molecule is CCCCOc1ccc(NC(=O)c2[nH]c(C)c(C(C)=O)c2C)c(C)c1. The molecule has 134 valence electrons. The summed E-state index contributed by atoms with van der Waals surface area (Å²) in [6.45, 7) is 9.83. The van der Waals surface area contributed by atoms with E-state index in [-0.39, 0.29) is 11.7 Å². The fraction of sp³-hybridized carbons (Fsp3) is 0.400. The van der Waals surface area contributed by atoms with Gasteiger partial charge < -0.3 is 15.0 Å². The molecule has 0 unspecified atom stereocenters. The number of carbonyl (C=O) groups excluding carboxylic acids is 2. The van der Waals surface area contributed by atoms with Crippen molar-refractivity contribution >= 4 is 17.4 Å². The number of nitrogens with one attached hydrogen (secondary N) is 2. The molecule has 0 saturated carbocycles. The molecule has 0 aliphatic rings. The van der Waals surface area contributed by atoms with Gasteiger partial charge in [0.2, 0.25) is 0 Å².